The van der Waals surface area contributed by atoms with Crippen LogP contribution in [0.1, 0.15) is 22.8 Å². The van der Waals surface area contributed by atoms with Crippen molar-refractivity contribution in [3.8, 4) is 11.8 Å². The molecule has 1 heterocycles. The molecule has 0 bridgehead atoms. The quantitative estimate of drug-likeness (QED) is 0.921. The second kappa shape index (κ2) is 6.42. The molecule has 120 valence electrons. The first-order valence-electron chi connectivity index (χ1n) is 7.45. The molecule has 24 heavy (non-hydrogen) atoms. The summed E-state index contributed by atoms with van der Waals surface area (Å²) in [6.07, 6.45) is 0. The monoisotopic (exact) mass is 321 g/mol. The normalized spacial score (nSPS) is 12.6. The maximum absolute atomic E-state index is 12.3. The molecule has 6 heteroatoms. The molecule has 2 aromatic carbocycles. The minimum Gasteiger partial charge on any atom is -0.489 e. The van der Waals surface area contributed by atoms with E-state index in [2.05, 4.69) is 5.32 Å². The first-order valence-corrected chi connectivity index (χ1v) is 7.45. The average molecular weight is 321 g/mol. The van der Waals surface area contributed by atoms with Gasteiger partial charge in [0, 0.05) is 24.2 Å². The molecule has 2 aromatic rings. The summed E-state index contributed by atoms with van der Waals surface area (Å²) in [4.78, 5) is 25.6. The van der Waals surface area contributed by atoms with Crippen molar-refractivity contribution in [2.45, 2.75) is 6.92 Å². The van der Waals surface area contributed by atoms with E-state index in [9.17, 15) is 9.59 Å². The minimum atomic E-state index is -0.314. The molecular weight excluding hydrogens is 306 g/mol. The average Bonchev–Trinajstić information content (AvgIpc) is 2.60. The summed E-state index contributed by atoms with van der Waals surface area (Å²) in [5.74, 6) is 0.191. The molecule has 1 aliphatic heterocycles. The van der Waals surface area contributed by atoms with Gasteiger partial charge in [0.05, 0.1) is 23.9 Å². The predicted octanol–water partition coefficient (Wildman–Crippen LogP) is 2.56. The highest BCUT2D eigenvalue weighted by Gasteiger charge is 2.21. The summed E-state index contributed by atoms with van der Waals surface area (Å²) in [6, 6.07) is 13.6. The molecule has 0 aromatic heterocycles. The molecule has 0 radical (unpaired) electrons. The predicted molar refractivity (Wildman–Crippen MR) is 89.1 cm³/mol. The molecule has 1 aliphatic rings. The summed E-state index contributed by atoms with van der Waals surface area (Å²) in [5.41, 5.74) is 2.08. The Balaban J connectivity index is 1.82. The van der Waals surface area contributed by atoms with Crippen LogP contribution in [0.2, 0.25) is 0 Å². The van der Waals surface area contributed by atoms with E-state index in [0.29, 0.717) is 41.4 Å². The summed E-state index contributed by atoms with van der Waals surface area (Å²) in [7, 11) is 0. The zero-order valence-electron chi connectivity index (χ0n) is 13.1. The second-order valence-electron chi connectivity index (χ2n) is 5.35. The maximum Gasteiger partial charge on any atom is 0.255 e. The highest BCUT2D eigenvalue weighted by Crippen LogP contribution is 2.34. The van der Waals surface area contributed by atoms with Crippen molar-refractivity contribution in [2.24, 2.45) is 0 Å². The van der Waals surface area contributed by atoms with Gasteiger partial charge in [0.1, 0.15) is 12.4 Å². The van der Waals surface area contributed by atoms with Gasteiger partial charge in [-0.2, -0.15) is 5.26 Å². The van der Waals surface area contributed by atoms with Crippen molar-refractivity contribution in [1.82, 2.24) is 0 Å². The third-order valence-corrected chi connectivity index (χ3v) is 3.71. The highest BCUT2D eigenvalue weighted by molar-refractivity contribution is 6.05. The topological polar surface area (TPSA) is 82.4 Å². The molecule has 1 N–H and O–H groups in total. The molecule has 0 fully saturated rings. The van der Waals surface area contributed by atoms with Crippen LogP contribution in [-0.2, 0) is 4.79 Å². The van der Waals surface area contributed by atoms with E-state index < -0.39 is 0 Å². The van der Waals surface area contributed by atoms with E-state index in [0.717, 1.165) is 0 Å². The van der Waals surface area contributed by atoms with Crippen molar-refractivity contribution < 1.29 is 14.3 Å². The van der Waals surface area contributed by atoms with Crippen LogP contribution < -0.4 is 15.0 Å². The number of fused-ring (bicyclic) bond motifs is 1. The standard InChI is InChI=1S/C18H15N3O3/c1-12(22)21-7-8-24-17-10-15(5-6-16(17)21)20-18(23)14-4-2-3-13(9-14)11-19/h2-6,9-10H,7-8H2,1H3,(H,20,23). The van der Waals surface area contributed by atoms with Crippen molar-refractivity contribution >= 4 is 23.2 Å². The van der Waals surface area contributed by atoms with Gasteiger partial charge in [0.2, 0.25) is 5.91 Å². The third kappa shape index (κ3) is 3.06. The number of hydrogen-bond acceptors (Lipinski definition) is 4. The number of hydrogen-bond donors (Lipinski definition) is 1. The highest BCUT2D eigenvalue weighted by atomic mass is 16.5. The summed E-state index contributed by atoms with van der Waals surface area (Å²) in [5, 5.41) is 11.7. The number of carbonyl (C=O) groups excluding carboxylic acids is 2. The van der Waals surface area contributed by atoms with Crippen LogP contribution in [0.4, 0.5) is 11.4 Å². The number of ether oxygens (including phenoxy) is 1. The fourth-order valence-corrected chi connectivity index (χ4v) is 2.56. The van der Waals surface area contributed by atoms with Gasteiger partial charge in [0.15, 0.2) is 0 Å². The summed E-state index contributed by atoms with van der Waals surface area (Å²) < 4.78 is 5.58. The SMILES string of the molecule is CC(=O)N1CCOc2cc(NC(=O)c3cccc(C#N)c3)ccc21. The van der Waals surface area contributed by atoms with E-state index in [1.54, 1.807) is 41.3 Å². The Morgan fingerprint density at radius 3 is 2.83 bits per heavy atom. The zero-order chi connectivity index (χ0) is 17.1. The first-order chi connectivity index (χ1) is 11.6. The van der Waals surface area contributed by atoms with Gasteiger partial charge in [-0.05, 0) is 30.3 Å². The lowest BCUT2D eigenvalue weighted by Crippen LogP contribution is -2.36. The number of nitrogens with one attached hydrogen (secondary N) is 1. The van der Waals surface area contributed by atoms with Gasteiger partial charge < -0.3 is 15.0 Å². The molecule has 0 aliphatic carbocycles. The molecule has 6 nitrogen and oxygen atoms in total. The van der Waals surface area contributed by atoms with E-state index >= 15 is 0 Å². The van der Waals surface area contributed by atoms with E-state index in [4.69, 9.17) is 10.00 Å². The Morgan fingerprint density at radius 1 is 1.25 bits per heavy atom. The number of nitriles is 1. The van der Waals surface area contributed by atoms with Crippen LogP contribution in [0.15, 0.2) is 42.5 Å². The number of nitrogens with zero attached hydrogens (tertiary/aromatic N) is 2. The van der Waals surface area contributed by atoms with E-state index in [1.165, 1.54) is 13.0 Å². The number of amides is 2. The lowest BCUT2D eigenvalue weighted by molar-refractivity contribution is -0.116. The Kier molecular flexibility index (Phi) is 4.17. The number of carbonyl (C=O) groups is 2. The molecule has 0 saturated heterocycles. The smallest absolute Gasteiger partial charge is 0.255 e. The van der Waals surface area contributed by atoms with Crippen LogP contribution in [-0.4, -0.2) is 25.0 Å². The molecule has 0 saturated carbocycles. The van der Waals surface area contributed by atoms with Crippen molar-refractivity contribution in [3.05, 3.63) is 53.6 Å². The lowest BCUT2D eigenvalue weighted by Gasteiger charge is -2.29. The van der Waals surface area contributed by atoms with Crippen LogP contribution in [0, 0.1) is 11.3 Å². The first kappa shape index (κ1) is 15.6. The molecule has 0 atom stereocenters. The molecule has 3 rings (SSSR count). The van der Waals surface area contributed by atoms with Gasteiger partial charge in [-0.1, -0.05) is 6.07 Å². The number of rotatable bonds is 2. The van der Waals surface area contributed by atoms with E-state index in [-0.39, 0.29) is 11.8 Å². The van der Waals surface area contributed by atoms with Gasteiger partial charge in [-0.25, -0.2) is 0 Å². The second-order valence-corrected chi connectivity index (χ2v) is 5.35. The largest absolute Gasteiger partial charge is 0.489 e. The molecule has 2 amide bonds. The lowest BCUT2D eigenvalue weighted by atomic mass is 10.1. The van der Waals surface area contributed by atoms with Crippen molar-refractivity contribution in [1.29, 1.82) is 5.26 Å². The van der Waals surface area contributed by atoms with Gasteiger partial charge >= 0.3 is 0 Å². The van der Waals surface area contributed by atoms with Gasteiger partial charge in [-0.3, -0.25) is 9.59 Å². The van der Waals surface area contributed by atoms with Crippen LogP contribution >= 0.6 is 0 Å². The van der Waals surface area contributed by atoms with Crippen LogP contribution in [0.3, 0.4) is 0 Å². The maximum atomic E-state index is 12.3. The van der Waals surface area contributed by atoms with Crippen LogP contribution in [0.5, 0.6) is 5.75 Å². The van der Waals surface area contributed by atoms with E-state index in [1.807, 2.05) is 6.07 Å². The molecular formula is C18H15N3O3. The number of benzene rings is 2. The van der Waals surface area contributed by atoms with Crippen LogP contribution in [0.25, 0.3) is 0 Å². The third-order valence-electron chi connectivity index (χ3n) is 3.71. The Bertz CT molecular complexity index is 855. The summed E-state index contributed by atoms with van der Waals surface area (Å²) >= 11 is 0. The Morgan fingerprint density at radius 2 is 2.08 bits per heavy atom. The fraction of sp³-hybridized carbons (Fsp3) is 0.167. The Labute approximate surface area is 139 Å². The minimum absolute atomic E-state index is 0.0512. The Hall–Kier alpha value is -3.33. The van der Waals surface area contributed by atoms with Crippen molar-refractivity contribution in [2.75, 3.05) is 23.4 Å². The zero-order valence-corrected chi connectivity index (χ0v) is 13.1. The van der Waals surface area contributed by atoms with Gasteiger partial charge in [-0.15, -0.1) is 0 Å². The van der Waals surface area contributed by atoms with Gasteiger partial charge in [0.25, 0.3) is 5.91 Å². The number of anilines is 2. The summed E-state index contributed by atoms with van der Waals surface area (Å²) in [6.45, 7) is 2.43. The van der Waals surface area contributed by atoms with Crippen molar-refractivity contribution in [3.63, 3.8) is 0 Å². The fourth-order valence-electron chi connectivity index (χ4n) is 2.56. The molecule has 0 unspecified atom stereocenters. The molecule has 0 spiro atoms.